The van der Waals surface area contributed by atoms with Crippen LogP contribution in [-0.2, 0) is 4.74 Å². The monoisotopic (exact) mass is 410 g/mol. The normalized spacial score (nSPS) is 15.9. The number of nitrogens with zero attached hydrogens (tertiary/aromatic N) is 1. The smallest absolute Gasteiger partial charge is 0.255 e. The second kappa shape index (κ2) is 9.39. The molecular formula is C23H26N2O3S. The molecule has 4 rings (SSSR count). The fraction of sp³-hybridized carbons (Fsp3) is 0.348. The molecule has 2 heterocycles. The van der Waals surface area contributed by atoms with Crippen LogP contribution in [0.5, 0.6) is 5.75 Å². The van der Waals surface area contributed by atoms with Gasteiger partial charge in [-0.25, -0.2) is 0 Å². The van der Waals surface area contributed by atoms with Crippen molar-refractivity contribution in [2.24, 2.45) is 0 Å². The lowest BCUT2D eigenvalue weighted by molar-refractivity contribution is 0.0169. The van der Waals surface area contributed by atoms with E-state index < -0.39 is 0 Å². The number of benzene rings is 2. The highest BCUT2D eigenvalue weighted by Gasteiger charge is 2.25. The maximum atomic E-state index is 13.3. The zero-order chi connectivity index (χ0) is 20.1. The lowest BCUT2D eigenvalue weighted by Gasteiger charge is -2.34. The van der Waals surface area contributed by atoms with Crippen LogP contribution in [0.4, 0.5) is 0 Å². The molecule has 29 heavy (non-hydrogen) atoms. The van der Waals surface area contributed by atoms with Crippen LogP contribution in [0.25, 0.3) is 10.8 Å². The van der Waals surface area contributed by atoms with Crippen molar-refractivity contribution < 1.29 is 14.3 Å². The van der Waals surface area contributed by atoms with Gasteiger partial charge in [0.2, 0.25) is 0 Å². The lowest BCUT2D eigenvalue weighted by Crippen LogP contribution is -2.43. The summed E-state index contributed by atoms with van der Waals surface area (Å²) in [6.45, 7) is 6.20. The fourth-order valence-electron chi connectivity index (χ4n) is 3.82. The molecule has 2 aromatic carbocycles. The maximum absolute atomic E-state index is 13.3. The Morgan fingerprint density at radius 1 is 1.17 bits per heavy atom. The van der Waals surface area contributed by atoms with Crippen LogP contribution in [-0.4, -0.2) is 50.3 Å². The molecule has 1 amide bonds. The van der Waals surface area contributed by atoms with Crippen LogP contribution in [0.1, 0.15) is 28.2 Å². The molecule has 6 heteroatoms. The van der Waals surface area contributed by atoms with Crippen molar-refractivity contribution >= 4 is 28.0 Å². The molecule has 152 valence electrons. The standard InChI is InChI=1S/C23H26N2O3S/c1-2-28-20-10-9-17-6-3-4-7-18(17)22(20)23(26)24-16-19(21-8-5-15-29-21)25-11-13-27-14-12-25/h3-10,15,19H,2,11-14,16H2,1H3,(H,24,26)/t19-/m1/s1. The quantitative estimate of drug-likeness (QED) is 0.637. The zero-order valence-electron chi connectivity index (χ0n) is 16.6. The van der Waals surface area contributed by atoms with Gasteiger partial charge in [-0.2, -0.15) is 0 Å². The number of thiophene rings is 1. The summed E-state index contributed by atoms with van der Waals surface area (Å²) in [6, 6.07) is 16.2. The number of carbonyl (C=O) groups is 1. The minimum atomic E-state index is -0.0972. The fourth-order valence-corrected chi connectivity index (χ4v) is 4.68. The summed E-state index contributed by atoms with van der Waals surface area (Å²) in [5, 5.41) is 7.21. The van der Waals surface area contributed by atoms with Crippen LogP contribution < -0.4 is 10.1 Å². The molecule has 1 aliphatic rings. The molecule has 0 radical (unpaired) electrons. The van der Waals surface area contributed by atoms with Gasteiger partial charge in [-0.05, 0) is 35.2 Å². The second-order valence-electron chi connectivity index (χ2n) is 6.98. The number of nitrogens with one attached hydrogen (secondary N) is 1. The Morgan fingerprint density at radius 3 is 2.76 bits per heavy atom. The minimum Gasteiger partial charge on any atom is -0.493 e. The summed E-state index contributed by atoms with van der Waals surface area (Å²) in [7, 11) is 0. The topological polar surface area (TPSA) is 50.8 Å². The van der Waals surface area contributed by atoms with Gasteiger partial charge in [0.1, 0.15) is 5.75 Å². The van der Waals surface area contributed by atoms with Crippen molar-refractivity contribution in [1.82, 2.24) is 10.2 Å². The number of carbonyl (C=O) groups excluding carboxylic acids is 1. The van der Waals surface area contributed by atoms with Gasteiger partial charge in [0.05, 0.1) is 31.4 Å². The van der Waals surface area contributed by atoms with Crippen molar-refractivity contribution in [1.29, 1.82) is 0 Å². The molecule has 0 aliphatic carbocycles. The van der Waals surface area contributed by atoms with E-state index in [2.05, 4.69) is 27.7 Å². The average Bonchev–Trinajstić information content (AvgIpc) is 3.29. The number of fused-ring (bicyclic) bond motifs is 1. The van der Waals surface area contributed by atoms with Crippen molar-refractivity contribution in [2.45, 2.75) is 13.0 Å². The summed E-state index contributed by atoms with van der Waals surface area (Å²) in [5.41, 5.74) is 0.608. The number of morpholine rings is 1. The Labute approximate surface area is 175 Å². The Kier molecular flexibility index (Phi) is 6.44. The second-order valence-corrected chi connectivity index (χ2v) is 7.96. The summed E-state index contributed by atoms with van der Waals surface area (Å²) < 4.78 is 11.3. The van der Waals surface area contributed by atoms with E-state index in [0.717, 1.165) is 37.1 Å². The first-order valence-electron chi connectivity index (χ1n) is 10.1. The highest BCUT2D eigenvalue weighted by Crippen LogP contribution is 2.29. The summed E-state index contributed by atoms with van der Waals surface area (Å²) in [6.07, 6.45) is 0. The number of hydrogen-bond donors (Lipinski definition) is 1. The minimum absolute atomic E-state index is 0.0972. The van der Waals surface area contributed by atoms with Gasteiger partial charge in [-0.15, -0.1) is 11.3 Å². The third-order valence-electron chi connectivity index (χ3n) is 5.23. The predicted molar refractivity (Wildman–Crippen MR) is 117 cm³/mol. The van der Waals surface area contributed by atoms with E-state index in [1.54, 1.807) is 11.3 Å². The largest absolute Gasteiger partial charge is 0.493 e. The number of hydrogen-bond acceptors (Lipinski definition) is 5. The van der Waals surface area contributed by atoms with Crippen LogP contribution in [0.2, 0.25) is 0 Å². The molecule has 1 aromatic heterocycles. The highest BCUT2D eigenvalue weighted by molar-refractivity contribution is 7.10. The first-order valence-corrected chi connectivity index (χ1v) is 10.9. The first kappa shape index (κ1) is 19.9. The number of rotatable bonds is 7. The maximum Gasteiger partial charge on any atom is 0.255 e. The first-order chi connectivity index (χ1) is 14.3. The van der Waals surface area contributed by atoms with E-state index in [-0.39, 0.29) is 11.9 Å². The zero-order valence-corrected chi connectivity index (χ0v) is 17.4. The van der Waals surface area contributed by atoms with Gasteiger partial charge in [0, 0.05) is 24.5 Å². The van der Waals surface area contributed by atoms with Crippen molar-refractivity contribution in [3.05, 3.63) is 64.4 Å². The van der Waals surface area contributed by atoms with E-state index in [1.165, 1.54) is 4.88 Å². The summed E-state index contributed by atoms with van der Waals surface area (Å²) >= 11 is 1.73. The van der Waals surface area contributed by atoms with Gasteiger partial charge in [0.25, 0.3) is 5.91 Å². The molecule has 1 aliphatic heterocycles. The molecule has 1 N–H and O–H groups in total. The van der Waals surface area contributed by atoms with E-state index in [9.17, 15) is 4.79 Å². The van der Waals surface area contributed by atoms with Gasteiger partial charge >= 0.3 is 0 Å². The summed E-state index contributed by atoms with van der Waals surface area (Å²) in [4.78, 5) is 16.9. The van der Waals surface area contributed by atoms with E-state index >= 15 is 0 Å². The van der Waals surface area contributed by atoms with Gasteiger partial charge in [-0.1, -0.05) is 36.4 Å². The van der Waals surface area contributed by atoms with Gasteiger partial charge < -0.3 is 14.8 Å². The third kappa shape index (κ3) is 4.45. The van der Waals surface area contributed by atoms with Crippen LogP contribution in [0.3, 0.4) is 0 Å². The molecule has 0 bridgehead atoms. The molecule has 0 saturated carbocycles. The van der Waals surface area contributed by atoms with Crippen molar-refractivity contribution in [2.75, 3.05) is 39.5 Å². The Morgan fingerprint density at radius 2 is 2.00 bits per heavy atom. The molecule has 1 saturated heterocycles. The van der Waals surface area contributed by atoms with E-state index in [1.807, 2.05) is 43.3 Å². The molecule has 0 spiro atoms. The molecule has 0 unspecified atom stereocenters. The van der Waals surface area contributed by atoms with E-state index in [4.69, 9.17) is 9.47 Å². The van der Waals surface area contributed by atoms with Gasteiger partial charge in [-0.3, -0.25) is 9.69 Å². The average molecular weight is 411 g/mol. The Hall–Kier alpha value is -2.41. The highest BCUT2D eigenvalue weighted by atomic mass is 32.1. The number of amides is 1. The van der Waals surface area contributed by atoms with Crippen LogP contribution in [0.15, 0.2) is 53.9 Å². The number of ether oxygens (including phenoxy) is 2. The molecule has 1 atom stereocenters. The third-order valence-corrected chi connectivity index (χ3v) is 6.21. The molecule has 3 aromatic rings. The van der Waals surface area contributed by atoms with Crippen LogP contribution in [0, 0.1) is 0 Å². The summed E-state index contributed by atoms with van der Waals surface area (Å²) in [5.74, 6) is 0.530. The van der Waals surface area contributed by atoms with Crippen molar-refractivity contribution in [3.63, 3.8) is 0 Å². The molecule has 1 fully saturated rings. The Balaban J connectivity index is 1.59. The Bertz CT molecular complexity index is 952. The van der Waals surface area contributed by atoms with E-state index in [0.29, 0.717) is 24.5 Å². The SMILES string of the molecule is CCOc1ccc2ccccc2c1C(=O)NC[C@H](c1cccs1)N1CCOCC1. The lowest BCUT2D eigenvalue weighted by atomic mass is 10.0. The van der Waals surface area contributed by atoms with Crippen molar-refractivity contribution in [3.8, 4) is 5.75 Å². The molecule has 5 nitrogen and oxygen atoms in total. The molecular weight excluding hydrogens is 384 g/mol. The van der Waals surface area contributed by atoms with Crippen LogP contribution >= 0.6 is 11.3 Å². The van der Waals surface area contributed by atoms with Gasteiger partial charge in [0.15, 0.2) is 0 Å². The predicted octanol–water partition coefficient (Wildman–Crippen LogP) is 4.10.